The first-order valence-corrected chi connectivity index (χ1v) is 7.37. The van der Waals surface area contributed by atoms with Gasteiger partial charge in [-0.05, 0) is 48.9 Å². The fourth-order valence-corrected chi connectivity index (χ4v) is 2.36. The van der Waals surface area contributed by atoms with Crippen LogP contribution in [0.1, 0.15) is 12.5 Å². The van der Waals surface area contributed by atoms with E-state index in [0.717, 1.165) is 15.7 Å². The van der Waals surface area contributed by atoms with Gasteiger partial charge in [-0.3, -0.25) is 0 Å². The molecule has 0 fully saturated rings. The quantitative estimate of drug-likeness (QED) is 0.839. The van der Waals surface area contributed by atoms with Crippen LogP contribution in [0, 0.1) is 11.3 Å². The van der Waals surface area contributed by atoms with E-state index in [0.29, 0.717) is 11.4 Å². The first kappa shape index (κ1) is 14.9. The predicted octanol–water partition coefficient (Wildman–Crippen LogP) is 5.04. The number of nitrogens with zero attached hydrogens (tertiary/aromatic N) is 1. The number of hydrogen-bond donors (Lipinski definition) is 1. The summed E-state index contributed by atoms with van der Waals surface area (Å²) in [5.41, 5.74) is 1.33. The summed E-state index contributed by atoms with van der Waals surface area (Å²) in [5.74, 6) is 0. The number of nitriles is 1. The number of hydrogen-bond acceptors (Lipinski definition) is 2. The molecule has 0 bridgehead atoms. The summed E-state index contributed by atoms with van der Waals surface area (Å²) >= 11 is 9.27. The van der Waals surface area contributed by atoms with Gasteiger partial charge in [0, 0.05) is 21.6 Å². The van der Waals surface area contributed by atoms with Gasteiger partial charge in [-0.1, -0.05) is 39.7 Å². The molecule has 0 radical (unpaired) electrons. The highest BCUT2D eigenvalue weighted by Crippen LogP contribution is 2.22. The van der Waals surface area contributed by atoms with Crippen LogP contribution in [-0.4, -0.2) is 5.54 Å². The van der Waals surface area contributed by atoms with Crippen molar-refractivity contribution in [2.24, 2.45) is 0 Å². The molecule has 2 rings (SSSR count). The second-order valence-corrected chi connectivity index (χ2v) is 6.23. The van der Waals surface area contributed by atoms with Gasteiger partial charge in [0.15, 0.2) is 0 Å². The second-order valence-electron chi connectivity index (χ2n) is 4.88. The molecular formula is C16H14BrClN2. The molecule has 2 nitrogen and oxygen atoms in total. The molecular weight excluding hydrogens is 336 g/mol. The minimum absolute atomic E-state index is 0.608. The molecule has 0 saturated carbocycles. The van der Waals surface area contributed by atoms with Gasteiger partial charge in [-0.15, -0.1) is 0 Å². The zero-order valence-electron chi connectivity index (χ0n) is 11.0. The molecule has 0 spiro atoms. The van der Waals surface area contributed by atoms with Gasteiger partial charge in [-0.25, -0.2) is 0 Å². The highest BCUT2D eigenvalue weighted by molar-refractivity contribution is 9.10. The van der Waals surface area contributed by atoms with Crippen molar-refractivity contribution in [3.63, 3.8) is 0 Å². The van der Waals surface area contributed by atoms with Crippen molar-refractivity contribution in [2.75, 3.05) is 5.32 Å². The molecule has 2 aromatic carbocycles. The Bertz CT molecular complexity index is 567. The lowest BCUT2D eigenvalue weighted by atomic mass is 9.94. The molecule has 0 heterocycles. The molecule has 0 amide bonds. The maximum absolute atomic E-state index is 9.47. The molecule has 1 unspecified atom stereocenters. The van der Waals surface area contributed by atoms with Gasteiger partial charge in [0.25, 0.3) is 0 Å². The Kier molecular flexibility index (Phi) is 4.69. The van der Waals surface area contributed by atoms with E-state index in [9.17, 15) is 5.26 Å². The smallest absolute Gasteiger partial charge is 0.126 e. The van der Waals surface area contributed by atoms with Crippen molar-refractivity contribution in [2.45, 2.75) is 18.9 Å². The van der Waals surface area contributed by atoms with Crippen LogP contribution in [0.25, 0.3) is 0 Å². The van der Waals surface area contributed by atoms with Gasteiger partial charge < -0.3 is 5.32 Å². The van der Waals surface area contributed by atoms with E-state index in [-0.39, 0.29) is 0 Å². The van der Waals surface area contributed by atoms with Crippen LogP contribution in [0.15, 0.2) is 53.0 Å². The molecule has 102 valence electrons. The van der Waals surface area contributed by atoms with Crippen LogP contribution in [0.3, 0.4) is 0 Å². The molecule has 0 saturated heterocycles. The molecule has 0 aliphatic rings. The van der Waals surface area contributed by atoms with Gasteiger partial charge >= 0.3 is 0 Å². The van der Waals surface area contributed by atoms with E-state index in [1.807, 2.05) is 55.5 Å². The third-order valence-electron chi connectivity index (χ3n) is 2.98. The summed E-state index contributed by atoms with van der Waals surface area (Å²) in [5, 5.41) is 13.5. The Morgan fingerprint density at radius 1 is 1.15 bits per heavy atom. The van der Waals surface area contributed by atoms with Gasteiger partial charge in [-0.2, -0.15) is 5.26 Å². The van der Waals surface area contributed by atoms with Crippen molar-refractivity contribution in [3.05, 3.63) is 63.6 Å². The maximum Gasteiger partial charge on any atom is 0.126 e. The lowest BCUT2D eigenvalue weighted by Crippen LogP contribution is -2.35. The molecule has 4 heteroatoms. The molecule has 20 heavy (non-hydrogen) atoms. The van der Waals surface area contributed by atoms with E-state index in [2.05, 4.69) is 27.3 Å². The number of benzene rings is 2. The third kappa shape index (κ3) is 4.00. The zero-order valence-corrected chi connectivity index (χ0v) is 13.4. The van der Waals surface area contributed by atoms with E-state index in [4.69, 9.17) is 11.6 Å². The molecule has 0 aliphatic heterocycles. The summed E-state index contributed by atoms with van der Waals surface area (Å²) < 4.78 is 1.01. The van der Waals surface area contributed by atoms with E-state index in [1.165, 1.54) is 0 Å². The Balaban J connectivity index is 2.14. The highest BCUT2D eigenvalue weighted by Gasteiger charge is 2.24. The average Bonchev–Trinajstić information content (AvgIpc) is 2.44. The van der Waals surface area contributed by atoms with E-state index >= 15 is 0 Å². The van der Waals surface area contributed by atoms with Crippen molar-refractivity contribution < 1.29 is 0 Å². The van der Waals surface area contributed by atoms with Crippen LogP contribution < -0.4 is 5.32 Å². The predicted molar refractivity (Wildman–Crippen MR) is 86.9 cm³/mol. The maximum atomic E-state index is 9.47. The summed E-state index contributed by atoms with van der Waals surface area (Å²) in [7, 11) is 0. The van der Waals surface area contributed by atoms with Gasteiger partial charge in [0.2, 0.25) is 0 Å². The van der Waals surface area contributed by atoms with Crippen LogP contribution >= 0.6 is 27.5 Å². The van der Waals surface area contributed by atoms with Crippen molar-refractivity contribution in [1.29, 1.82) is 5.26 Å². The number of rotatable bonds is 4. The lowest BCUT2D eigenvalue weighted by molar-refractivity contribution is 0.646. The topological polar surface area (TPSA) is 35.8 Å². The van der Waals surface area contributed by atoms with Crippen LogP contribution in [0.4, 0.5) is 5.69 Å². The molecule has 0 aromatic heterocycles. The summed E-state index contributed by atoms with van der Waals surface area (Å²) in [4.78, 5) is 0. The normalized spacial score (nSPS) is 13.3. The minimum atomic E-state index is -0.665. The summed E-state index contributed by atoms with van der Waals surface area (Å²) in [6.07, 6.45) is 0.608. The van der Waals surface area contributed by atoms with Crippen molar-refractivity contribution in [3.8, 4) is 6.07 Å². The van der Waals surface area contributed by atoms with Gasteiger partial charge in [0.05, 0.1) is 6.07 Å². The van der Waals surface area contributed by atoms with E-state index < -0.39 is 5.54 Å². The minimum Gasteiger partial charge on any atom is -0.367 e. The number of anilines is 1. The Labute approximate surface area is 132 Å². The molecule has 1 N–H and O–H groups in total. The molecule has 2 aromatic rings. The lowest BCUT2D eigenvalue weighted by Gasteiger charge is -2.24. The first-order chi connectivity index (χ1) is 9.50. The molecule has 1 atom stereocenters. The van der Waals surface area contributed by atoms with Crippen LogP contribution in [0.5, 0.6) is 0 Å². The fourth-order valence-electron chi connectivity index (χ4n) is 1.97. The highest BCUT2D eigenvalue weighted by atomic mass is 79.9. The number of nitrogens with one attached hydrogen (secondary N) is 1. The summed E-state index contributed by atoms with van der Waals surface area (Å²) in [6.45, 7) is 1.89. The standard InChI is InChI=1S/C16H14BrClN2/c1-16(11-19,10-12-2-6-14(18)7-3-12)20-15-8-4-13(17)5-9-15/h2-9,20H,10H2,1H3. The Hall–Kier alpha value is -1.50. The second kappa shape index (κ2) is 6.30. The first-order valence-electron chi connectivity index (χ1n) is 6.20. The largest absolute Gasteiger partial charge is 0.367 e. The van der Waals surface area contributed by atoms with E-state index in [1.54, 1.807) is 0 Å². The van der Waals surface area contributed by atoms with Crippen molar-refractivity contribution in [1.82, 2.24) is 0 Å². The Morgan fingerprint density at radius 3 is 2.30 bits per heavy atom. The van der Waals surface area contributed by atoms with Crippen molar-refractivity contribution >= 4 is 33.2 Å². The summed E-state index contributed by atoms with van der Waals surface area (Å²) in [6, 6.07) is 17.7. The van der Waals surface area contributed by atoms with Crippen LogP contribution in [-0.2, 0) is 6.42 Å². The Morgan fingerprint density at radius 2 is 1.75 bits per heavy atom. The average molecular weight is 350 g/mol. The SMILES string of the molecule is CC(C#N)(Cc1ccc(Cl)cc1)Nc1ccc(Br)cc1. The molecule has 0 aliphatic carbocycles. The van der Waals surface area contributed by atoms with Crippen LogP contribution in [0.2, 0.25) is 5.02 Å². The third-order valence-corrected chi connectivity index (χ3v) is 3.76. The monoisotopic (exact) mass is 348 g/mol. The van der Waals surface area contributed by atoms with Gasteiger partial charge in [0.1, 0.15) is 5.54 Å². The number of halogens is 2. The fraction of sp³-hybridized carbons (Fsp3) is 0.188. The zero-order chi connectivity index (χ0) is 14.6.